The van der Waals surface area contributed by atoms with Crippen LogP contribution in [0, 0.1) is 5.92 Å². The number of anilines is 2. The molecule has 162 valence electrons. The largest absolute Gasteiger partial charge is 0.378 e. The molecule has 1 aliphatic heterocycles. The molecule has 1 heterocycles. The van der Waals surface area contributed by atoms with E-state index in [0.29, 0.717) is 23.9 Å². The molecule has 0 saturated carbocycles. The lowest BCUT2D eigenvalue weighted by Crippen LogP contribution is -2.32. The monoisotopic (exact) mass is 423 g/mol. The molecule has 0 spiro atoms. The Balaban J connectivity index is 1.45. The van der Waals surface area contributed by atoms with Gasteiger partial charge in [-0.15, -0.1) is 0 Å². The average Bonchev–Trinajstić information content (AvgIpc) is 3.33. The van der Waals surface area contributed by atoms with Crippen LogP contribution in [0.15, 0.2) is 84.9 Å². The summed E-state index contributed by atoms with van der Waals surface area (Å²) < 4.78 is 0. The van der Waals surface area contributed by atoms with Crippen LogP contribution in [0.25, 0.3) is 0 Å². The van der Waals surface area contributed by atoms with E-state index >= 15 is 0 Å². The van der Waals surface area contributed by atoms with Crippen LogP contribution in [0.1, 0.15) is 45.4 Å². The number of hydrogen-bond donors (Lipinski definition) is 2. The quantitative estimate of drug-likeness (QED) is 0.532. The number of nitrogens with zero attached hydrogens (tertiary/aromatic N) is 1. The van der Waals surface area contributed by atoms with E-state index in [2.05, 4.69) is 72.1 Å². The summed E-state index contributed by atoms with van der Waals surface area (Å²) in [4.78, 5) is 15.3. The van der Waals surface area contributed by atoms with Crippen molar-refractivity contribution in [1.82, 2.24) is 5.32 Å². The van der Waals surface area contributed by atoms with Gasteiger partial charge in [-0.2, -0.15) is 0 Å². The molecule has 1 amide bonds. The number of hydrogen-bond acceptors (Lipinski definition) is 3. The zero-order valence-electron chi connectivity index (χ0n) is 18.6. The van der Waals surface area contributed by atoms with Crippen molar-refractivity contribution in [2.45, 2.75) is 24.9 Å². The van der Waals surface area contributed by atoms with Crippen LogP contribution >= 0.6 is 0 Å². The predicted octanol–water partition coefficient (Wildman–Crippen LogP) is 5.51. The van der Waals surface area contributed by atoms with Gasteiger partial charge in [-0.3, -0.25) is 4.79 Å². The lowest BCUT2D eigenvalue weighted by atomic mass is 9.76. The molecule has 0 fully saturated rings. The van der Waals surface area contributed by atoms with E-state index in [1.54, 1.807) is 0 Å². The second-order valence-corrected chi connectivity index (χ2v) is 8.90. The number of rotatable bonds is 5. The summed E-state index contributed by atoms with van der Waals surface area (Å²) in [6.45, 7) is 0.519. The van der Waals surface area contributed by atoms with Crippen molar-refractivity contribution >= 4 is 17.3 Å². The molecular weight excluding hydrogens is 394 g/mol. The number of benzene rings is 3. The molecule has 4 nitrogen and oxygen atoms in total. The maximum Gasteiger partial charge on any atom is 0.253 e. The SMILES string of the molecule is CN(C)c1ccc(C2Nc3c(C(=O)NCc4ccccc4)cccc3C3C=CCC32)cc1. The molecule has 32 heavy (non-hydrogen) atoms. The summed E-state index contributed by atoms with van der Waals surface area (Å²) in [6, 6.07) is 25.1. The Morgan fingerprint density at radius 1 is 1.00 bits per heavy atom. The molecule has 3 atom stereocenters. The van der Waals surface area contributed by atoms with E-state index in [-0.39, 0.29) is 11.9 Å². The van der Waals surface area contributed by atoms with Gasteiger partial charge in [-0.05, 0) is 47.2 Å². The number of carbonyl (C=O) groups is 1. The van der Waals surface area contributed by atoms with Gasteiger partial charge in [-0.1, -0.05) is 66.7 Å². The molecule has 0 aromatic heterocycles. The number of allylic oxidation sites excluding steroid dienone is 2. The van der Waals surface area contributed by atoms with E-state index < -0.39 is 0 Å². The van der Waals surface area contributed by atoms with Crippen LogP contribution in [-0.2, 0) is 6.54 Å². The van der Waals surface area contributed by atoms with Gasteiger partial charge in [0.25, 0.3) is 5.91 Å². The molecule has 3 aromatic rings. The Labute approximate surface area is 190 Å². The van der Waals surface area contributed by atoms with Crippen molar-refractivity contribution in [3.63, 3.8) is 0 Å². The van der Waals surface area contributed by atoms with Crippen molar-refractivity contribution in [3.8, 4) is 0 Å². The van der Waals surface area contributed by atoms with Gasteiger partial charge in [0.15, 0.2) is 0 Å². The summed E-state index contributed by atoms with van der Waals surface area (Å²) in [5, 5.41) is 6.86. The first-order valence-electron chi connectivity index (χ1n) is 11.3. The molecule has 2 aliphatic rings. The Bertz CT molecular complexity index is 1140. The van der Waals surface area contributed by atoms with Crippen LogP contribution in [0.4, 0.5) is 11.4 Å². The zero-order chi connectivity index (χ0) is 22.1. The molecule has 3 aromatic carbocycles. The van der Waals surface area contributed by atoms with E-state index in [1.807, 2.05) is 42.5 Å². The molecule has 0 saturated heterocycles. The zero-order valence-corrected chi connectivity index (χ0v) is 18.6. The minimum Gasteiger partial charge on any atom is -0.378 e. The normalized spacial score (nSPS) is 20.8. The van der Waals surface area contributed by atoms with Gasteiger partial charge in [0.05, 0.1) is 17.3 Å². The van der Waals surface area contributed by atoms with Crippen molar-refractivity contribution in [1.29, 1.82) is 0 Å². The maximum atomic E-state index is 13.2. The molecule has 3 unspecified atom stereocenters. The third-order valence-corrected chi connectivity index (χ3v) is 6.71. The standard InChI is InChI=1S/C28H29N3O/c1-31(2)21-16-14-20(15-17-21)26-23-11-6-10-22(23)24-12-7-13-25(27(24)30-26)28(32)29-18-19-8-4-3-5-9-19/h3-10,12-17,22-23,26,30H,11,18H2,1-2H3,(H,29,32). The number of para-hydroxylation sites is 1. The van der Waals surface area contributed by atoms with E-state index in [1.165, 1.54) is 16.8 Å². The second kappa shape index (κ2) is 8.54. The van der Waals surface area contributed by atoms with Crippen LogP contribution in [0.2, 0.25) is 0 Å². The summed E-state index contributed by atoms with van der Waals surface area (Å²) in [5.41, 5.74) is 6.44. The van der Waals surface area contributed by atoms with E-state index in [4.69, 9.17) is 0 Å². The highest BCUT2D eigenvalue weighted by Crippen LogP contribution is 2.50. The Morgan fingerprint density at radius 2 is 1.78 bits per heavy atom. The van der Waals surface area contributed by atoms with Gasteiger partial charge in [0, 0.05) is 32.2 Å². The van der Waals surface area contributed by atoms with Gasteiger partial charge < -0.3 is 15.5 Å². The highest BCUT2D eigenvalue weighted by Gasteiger charge is 2.39. The van der Waals surface area contributed by atoms with Crippen LogP contribution in [0.3, 0.4) is 0 Å². The topological polar surface area (TPSA) is 44.4 Å². The number of amides is 1. The molecule has 0 radical (unpaired) electrons. The smallest absolute Gasteiger partial charge is 0.253 e. The highest BCUT2D eigenvalue weighted by atomic mass is 16.1. The lowest BCUT2D eigenvalue weighted by molar-refractivity contribution is 0.0951. The predicted molar refractivity (Wildman–Crippen MR) is 131 cm³/mol. The van der Waals surface area contributed by atoms with Crippen LogP contribution in [-0.4, -0.2) is 20.0 Å². The van der Waals surface area contributed by atoms with Gasteiger partial charge in [0.1, 0.15) is 0 Å². The van der Waals surface area contributed by atoms with Crippen LogP contribution in [0.5, 0.6) is 0 Å². The summed E-state index contributed by atoms with van der Waals surface area (Å²) in [6.07, 6.45) is 5.65. The second-order valence-electron chi connectivity index (χ2n) is 8.90. The van der Waals surface area contributed by atoms with E-state index in [9.17, 15) is 4.79 Å². The van der Waals surface area contributed by atoms with Gasteiger partial charge in [-0.25, -0.2) is 0 Å². The molecule has 4 heteroatoms. The third-order valence-electron chi connectivity index (χ3n) is 6.71. The minimum absolute atomic E-state index is 0.0414. The molecule has 5 rings (SSSR count). The first kappa shape index (κ1) is 20.4. The Hall–Kier alpha value is -3.53. The number of carbonyl (C=O) groups excluding carboxylic acids is 1. The summed E-state index contributed by atoms with van der Waals surface area (Å²) >= 11 is 0. The molecule has 1 aliphatic carbocycles. The van der Waals surface area contributed by atoms with Crippen molar-refractivity contribution in [2.75, 3.05) is 24.3 Å². The molecule has 0 bridgehead atoms. The number of fused-ring (bicyclic) bond motifs is 3. The fourth-order valence-electron chi connectivity index (χ4n) is 4.99. The van der Waals surface area contributed by atoms with Crippen molar-refractivity contribution in [3.05, 3.63) is 107 Å². The van der Waals surface area contributed by atoms with Crippen molar-refractivity contribution < 1.29 is 4.79 Å². The van der Waals surface area contributed by atoms with Crippen molar-refractivity contribution in [2.24, 2.45) is 5.92 Å². The Morgan fingerprint density at radius 3 is 2.53 bits per heavy atom. The maximum absolute atomic E-state index is 13.2. The first-order valence-corrected chi connectivity index (χ1v) is 11.3. The van der Waals surface area contributed by atoms with Crippen LogP contribution < -0.4 is 15.5 Å². The molecular formula is C28H29N3O. The van der Waals surface area contributed by atoms with E-state index in [0.717, 1.165) is 17.7 Å². The fourth-order valence-corrected chi connectivity index (χ4v) is 4.99. The van der Waals surface area contributed by atoms with Gasteiger partial charge in [0.2, 0.25) is 0 Å². The lowest BCUT2D eigenvalue weighted by Gasteiger charge is -2.38. The summed E-state index contributed by atoms with van der Waals surface area (Å²) in [5.74, 6) is 0.738. The highest BCUT2D eigenvalue weighted by molar-refractivity contribution is 6.00. The number of nitrogens with one attached hydrogen (secondary N) is 2. The van der Waals surface area contributed by atoms with Gasteiger partial charge >= 0.3 is 0 Å². The minimum atomic E-state index is -0.0414. The molecule has 2 N–H and O–H groups in total. The first-order chi connectivity index (χ1) is 15.6. The third kappa shape index (κ3) is 3.77. The average molecular weight is 424 g/mol. The summed E-state index contributed by atoms with van der Waals surface area (Å²) in [7, 11) is 4.11. The Kier molecular flexibility index (Phi) is 5.44. The fraction of sp³-hybridized carbons (Fsp3) is 0.250.